The fourth-order valence-electron chi connectivity index (χ4n) is 3.02. The molecule has 106 valence electrons. The highest BCUT2D eigenvalue weighted by Gasteiger charge is 2.22. The van der Waals surface area contributed by atoms with E-state index in [1.807, 2.05) is 0 Å². The summed E-state index contributed by atoms with van der Waals surface area (Å²) >= 11 is 0. The Labute approximate surface area is 110 Å². The maximum Gasteiger partial charge on any atom is 0.157 e. The van der Waals surface area contributed by atoms with Gasteiger partial charge in [0.15, 0.2) is 6.29 Å². The Kier molecular flexibility index (Phi) is 6.41. The predicted octanol–water partition coefficient (Wildman–Crippen LogP) is 1.77. The van der Waals surface area contributed by atoms with Gasteiger partial charge in [-0.1, -0.05) is 12.8 Å². The predicted molar refractivity (Wildman–Crippen MR) is 70.5 cm³/mol. The van der Waals surface area contributed by atoms with Gasteiger partial charge in [-0.2, -0.15) is 0 Å². The molecule has 2 fully saturated rings. The zero-order chi connectivity index (χ0) is 12.6. The van der Waals surface area contributed by atoms with Crippen LogP contribution in [0.25, 0.3) is 0 Å². The molecule has 4 nitrogen and oxygen atoms in total. The number of aliphatic hydroxyl groups is 1. The lowest BCUT2D eigenvalue weighted by atomic mass is 10.2. The monoisotopic (exact) mass is 257 g/mol. The molecule has 0 spiro atoms. The fraction of sp³-hybridized carbons (Fsp3) is 1.00. The highest BCUT2D eigenvalue weighted by atomic mass is 16.7. The van der Waals surface area contributed by atoms with Gasteiger partial charge in [0.2, 0.25) is 0 Å². The van der Waals surface area contributed by atoms with E-state index in [9.17, 15) is 0 Å². The molecule has 18 heavy (non-hydrogen) atoms. The van der Waals surface area contributed by atoms with Crippen LogP contribution in [-0.2, 0) is 9.47 Å². The first kappa shape index (κ1) is 14.3. The molecule has 0 radical (unpaired) electrons. The second kappa shape index (κ2) is 8.10. The van der Waals surface area contributed by atoms with Crippen LogP contribution in [0.4, 0.5) is 0 Å². The number of ether oxygens (including phenoxy) is 2. The summed E-state index contributed by atoms with van der Waals surface area (Å²) in [6, 6.07) is 0.660. The van der Waals surface area contributed by atoms with Crippen LogP contribution in [0.1, 0.15) is 44.9 Å². The Morgan fingerprint density at radius 2 is 1.83 bits per heavy atom. The van der Waals surface area contributed by atoms with Crippen LogP contribution in [0, 0.1) is 0 Å². The molecule has 0 bridgehead atoms. The van der Waals surface area contributed by atoms with Crippen molar-refractivity contribution in [2.24, 2.45) is 0 Å². The Morgan fingerprint density at radius 1 is 1.06 bits per heavy atom. The number of hydrogen-bond donors (Lipinski definition) is 1. The third-order valence-corrected chi connectivity index (χ3v) is 4.05. The normalized spacial score (nSPS) is 26.0. The first-order valence-electron chi connectivity index (χ1n) is 7.48. The van der Waals surface area contributed by atoms with E-state index in [0.29, 0.717) is 6.04 Å². The van der Waals surface area contributed by atoms with Crippen molar-refractivity contribution in [1.82, 2.24) is 4.90 Å². The summed E-state index contributed by atoms with van der Waals surface area (Å²) in [7, 11) is 0. The number of hydrogen-bond acceptors (Lipinski definition) is 4. The topological polar surface area (TPSA) is 41.9 Å². The van der Waals surface area contributed by atoms with Gasteiger partial charge in [-0.05, 0) is 32.1 Å². The van der Waals surface area contributed by atoms with Crippen LogP contribution >= 0.6 is 0 Å². The molecule has 1 N–H and O–H groups in total. The summed E-state index contributed by atoms with van der Waals surface area (Å²) < 4.78 is 11.3. The van der Waals surface area contributed by atoms with Gasteiger partial charge in [-0.3, -0.25) is 4.90 Å². The van der Waals surface area contributed by atoms with Gasteiger partial charge in [-0.15, -0.1) is 0 Å². The number of aliphatic hydroxyl groups excluding tert-OH is 1. The SMILES string of the molecule is OCCN(CCOC1CCCCO1)C1CCCC1. The summed E-state index contributed by atoms with van der Waals surface area (Å²) in [6.07, 6.45) is 8.65. The van der Waals surface area contributed by atoms with Gasteiger partial charge in [0.1, 0.15) is 0 Å². The van der Waals surface area contributed by atoms with Gasteiger partial charge in [-0.25, -0.2) is 0 Å². The highest BCUT2D eigenvalue weighted by Crippen LogP contribution is 2.23. The van der Waals surface area contributed by atoms with Crippen molar-refractivity contribution in [2.45, 2.75) is 57.3 Å². The van der Waals surface area contributed by atoms with E-state index in [1.165, 1.54) is 38.5 Å². The minimum Gasteiger partial charge on any atom is -0.395 e. The van der Waals surface area contributed by atoms with Gasteiger partial charge < -0.3 is 14.6 Å². The van der Waals surface area contributed by atoms with Crippen molar-refractivity contribution in [2.75, 3.05) is 32.9 Å². The van der Waals surface area contributed by atoms with Crippen LogP contribution < -0.4 is 0 Å². The van der Waals surface area contributed by atoms with Gasteiger partial charge in [0.05, 0.1) is 13.2 Å². The molecular formula is C14H27NO3. The molecule has 0 aromatic carbocycles. The van der Waals surface area contributed by atoms with Crippen molar-refractivity contribution in [3.63, 3.8) is 0 Å². The smallest absolute Gasteiger partial charge is 0.157 e. The van der Waals surface area contributed by atoms with Crippen LogP contribution in [0.2, 0.25) is 0 Å². The van der Waals surface area contributed by atoms with E-state index in [4.69, 9.17) is 14.6 Å². The number of rotatable bonds is 7. The minimum absolute atomic E-state index is 0.0123. The van der Waals surface area contributed by atoms with E-state index in [1.54, 1.807) is 0 Å². The van der Waals surface area contributed by atoms with Gasteiger partial charge in [0, 0.05) is 25.7 Å². The van der Waals surface area contributed by atoms with Crippen molar-refractivity contribution < 1.29 is 14.6 Å². The molecule has 1 aliphatic heterocycles. The summed E-state index contributed by atoms with van der Waals surface area (Å²) in [5.41, 5.74) is 0. The third kappa shape index (κ3) is 4.50. The second-order valence-electron chi connectivity index (χ2n) is 5.36. The lowest BCUT2D eigenvalue weighted by molar-refractivity contribution is -0.165. The van der Waals surface area contributed by atoms with Gasteiger partial charge >= 0.3 is 0 Å². The Balaban J connectivity index is 1.64. The van der Waals surface area contributed by atoms with Crippen molar-refractivity contribution in [1.29, 1.82) is 0 Å². The average Bonchev–Trinajstić information content (AvgIpc) is 2.93. The molecule has 2 aliphatic rings. The number of nitrogens with zero attached hydrogens (tertiary/aromatic N) is 1. The molecule has 0 amide bonds. The molecule has 1 heterocycles. The molecule has 2 rings (SSSR count). The minimum atomic E-state index is 0.0123. The molecule has 1 saturated heterocycles. The molecule has 0 aromatic heterocycles. The lowest BCUT2D eigenvalue weighted by Gasteiger charge is -2.29. The zero-order valence-corrected chi connectivity index (χ0v) is 11.4. The standard InChI is InChI=1S/C14H27NO3/c16-10-8-15(13-5-1-2-6-13)9-12-18-14-7-3-4-11-17-14/h13-14,16H,1-12H2. The molecule has 1 saturated carbocycles. The van der Waals surface area contributed by atoms with E-state index in [2.05, 4.69) is 4.90 Å². The van der Waals surface area contributed by atoms with E-state index < -0.39 is 0 Å². The van der Waals surface area contributed by atoms with Gasteiger partial charge in [0.25, 0.3) is 0 Å². The van der Waals surface area contributed by atoms with Crippen molar-refractivity contribution >= 4 is 0 Å². The quantitative estimate of drug-likeness (QED) is 0.755. The maximum absolute atomic E-state index is 9.14. The molecular weight excluding hydrogens is 230 g/mol. The zero-order valence-electron chi connectivity index (χ0n) is 11.4. The molecule has 1 atom stereocenters. The van der Waals surface area contributed by atoms with E-state index in [-0.39, 0.29) is 12.9 Å². The lowest BCUT2D eigenvalue weighted by Crippen LogP contribution is -2.39. The van der Waals surface area contributed by atoms with Crippen LogP contribution in [0.5, 0.6) is 0 Å². The highest BCUT2D eigenvalue weighted by molar-refractivity contribution is 4.77. The van der Waals surface area contributed by atoms with Crippen LogP contribution in [0.15, 0.2) is 0 Å². The summed E-state index contributed by atoms with van der Waals surface area (Å²) in [6.45, 7) is 3.51. The van der Waals surface area contributed by atoms with Crippen molar-refractivity contribution in [3.8, 4) is 0 Å². The summed E-state index contributed by atoms with van der Waals surface area (Å²) in [5, 5.41) is 9.14. The summed E-state index contributed by atoms with van der Waals surface area (Å²) in [4.78, 5) is 2.38. The van der Waals surface area contributed by atoms with E-state index in [0.717, 1.165) is 32.7 Å². The molecule has 4 heteroatoms. The third-order valence-electron chi connectivity index (χ3n) is 4.05. The Hall–Kier alpha value is -0.160. The Morgan fingerprint density at radius 3 is 2.50 bits per heavy atom. The Bertz CT molecular complexity index is 213. The first-order chi connectivity index (χ1) is 8.90. The molecule has 0 aromatic rings. The largest absolute Gasteiger partial charge is 0.395 e. The average molecular weight is 257 g/mol. The second-order valence-corrected chi connectivity index (χ2v) is 5.36. The summed E-state index contributed by atoms with van der Waals surface area (Å²) in [5.74, 6) is 0. The van der Waals surface area contributed by atoms with E-state index >= 15 is 0 Å². The van der Waals surface area contributed by atoms with Crippen LogP contribution in [0.3, 0.4) is 0 Å². The first-order valence-corrected chi connectivity index (χ1v) is 7.48. The fourth-order valence-corrected chi connectivity index (χ4v) is 3.02. The molecule has 1 unspecified atom stereocenters. The van der Waals surface area contributed by atoms with Crippen LogP contribution in [-0.4, -0.2) is 55.2 Å². The molecule has 1 aliphatic carbocycles. The maximum atomic E-state index is 9.14. The van der Waals surface area contributed by atoms with Crippen molar-refractivity contribution in [3.05, 3.63) is 0 Å².